The molecule has 0 unspecified atom stereocenters. The van der Waals surface area contributed by atoms with Crippen LogP contribution in [0.15, 0.2) is 33.4 Å². The molecular formula is C13H12Br2N2O2S. The Balaban J connectivity index is 2.24. The molecule has 4 nitrogen and oxygen atoms in total. The van der Waals surface area contributed by atoms with Crippen molar-refractivity contribution in [3.8, 4) is 0 Å². The molecule has 20 heavy (non-hydrogen) atoms. The van der Waals surface area contributed by atoms with Crippen molar-refractivity contribution in [3.05, 3.63) is 54.7 Å². The summed E-state index contributed by atoms with van der Waals surface area (Å²) in [7, 11) is 1.99. The monoisotopic (exact) mass is 418 g/mol. The van der Waals surface area contributed by atoms with Gasteiger partial charge in [-0.05, 0) is 44.6 Å². The van der Waals surface area contributed by atoms with E-state index in [1.54, 1.807) is 29.5 Å². The van der Waals surface area contributed by atoms with Gasteiger partial charge in [0.25, 0.3) is 5.69 Å². The van der Waals surface area contributed by atoms with Crippen LogP contribution < -0.4 is 4.90 Å². The predicted molar refractivity (Wildman–Crippen MR) is 89.9 cm³/mol. The summed E-state index contributed by atoms with van der Waals surface area (Å²) >= 11 is 8.49. The van der Waals surface area contributed by atoms with Crippen LogP contribution in [0.2, 0.25) is 0 Å². The van der Waals surface area contributed by atoms with E-state index >= 15 is 0 Å². The normalized spacial score (nSPS) is 10.6. The lowest BCUT2D eigenvalue weighted by Gasteiger charge is -2.21. The van der Waals surface area contributed by atoms with E-state index in [4.69, 9.17) is 0 Å². The van der Waals surface area contributed by atoms with Gasteiger partial charge in [-0.15, -0.1) is 11.3 Å². The van der Waals surface area contributed by atoms with Crippen LogP contribution in [0.25, 0.3) is 0 Å². The van der Waals surface area contributed by atoms with E-state index in [1.165, 1.54) is 5.56 Å². The maximum absolute atomic E-state index is 10.8. The third-order valence-electron chi connectivity index (χ3n) is 2.87. The summed E-state index contributed by atoms with van der Waals surface area (Å²) in [6.45, 7) is 0.764. The number of nitrogens with zero attached hydrogens (tertiary/aromatic N) is 2. The van der Waals surface area contributed by atoms with E-state index in [2.05, 4.69) is 48.2 Å². The van der Waals surface area contributed by atoms with Gasteiger partial charge in [0.2, 0.25) is 0 Å². The van der Waals surface area contributed by atoms with Crippen LogP contribution in [0.4, 0.5) is 11.4 Å². The molecule has 2 rings (SSSR count). The summed E-state index contributed by atoms with van der Waals surface area (Å²) in [6.07, 6.45) is 0. The molecule has 0 radical (unpaired) electrons. The fourth-order valence-electron chi connectivity index (χ4n) is 1.95. The molecular weight excluding hydrogens is 408 g/mol. The first-order chi connectivity index (χ1) is 9.51. The fraction of sp³-hybridized carbons (Fsp3) is 0.231. The Morgan fingerprint density at radius 1 is 1.40 bits per heavy atom. The van der Waals surface area contributed by atoms with Crippen molar-refractivity contribution in [2.45, 2.75) is 11.9 Å². The number of thiophene rings is 1. The lowest BCUT2D eigenvalue weighted by atomic mass is 10.1. The van der Waals surface area contributed by atoms with Gasteiger partial charge in [-0.3, -0.25) is 10.1 Å². The minimum Gasteiger partial charge on any atom is -0.370 e. The van der Waals surface area contributed by atoms with E-state index in [0.29, 0.717) is 5.33 Å². The number of hydrogen-bond donors (Lipinski definition) is 0. The third kappa shape index (κ3) is 3.59. The van der Waals surface area contributed by atoms with Crippen molar-refractivity contribution in [3.63, 3.8) is 0 Å². The second-order valence-corrected chi connectivity index (χ2v) is 7.17. The van der Waals surface area contributed by atoms with Gasteiger partial charge in [0.1, 0.15) is 0 Å². The quantitative estimate of drug-likeness (QED) is 0.391. The van der Waals surface area contributed by atoms with Crippen LogP contribution in [-0.4, -0.2) is 12.0 Å². The van der Waals surface area contributed by atoms with Gasteiger partial charge in [-0.25, -0.2) is 0 Å². The maximum Gasteiger partial charge on any atom is 0.269 e. The van der Waals surface area contributed by atoms with Crippen LogP contribution in [0.5, 0.6) is 0 Å². The topological polar surface area (TPSA) is 46.4 Å². The Hall–Kier alpha value is -0.920. The average molecular weight is 420 g/mol. The van der Waals surface area contributed by atoms with Gasteiger partial charge in [0.15, 0.2) is 0 Å². The molecule has 0 N–H and O–H groups in total. The van der Waals surface area contributed by atoms with Crippen molar-refractivity contribution >= 4 is 54.6 Å². The molecule has 2 aromatic rings. The summed E-state index contributed by atoms with van der Waals surface area (Å²) < 4.78 is 1.10. The number of halogens is 2. The highest BCUT2D eigenvalue weighted by Gasteiger charge is 2.13. The summed E-state index contributed by atoms with van der Waals surface area (Å²) in [4.78, 5) is 12.5. The van der Waals surface area contributed by atoms with Gasteiger partial charge in [0, 0.05) is 36.7 Å². The highest BCUT2D eigenvalue weighted by molar-refractivity contribution is 9.11. The number of nitro benzene ring substituents is 1. The van der Waals surface area contributed by atoms with Crippen molar-refractivity contribution in [2.24, 2.45) is 0 Å². The number of rotatable bonds is 5. The number of hydrogen-bond acceptors (Lipinski definition) is 4. The molecule has 1 aromatic carbocycles. The summed E-state index contributed by atoms with van der Waals surface area (Å²) in [5, 5.41) is 13.5. The zero-order chi connectivity index (χ0) is 14.7. The summed E-state index contributed by atoms with van der Waals surface area (Å²) in [6, 6.07) is 7.04. The third-order valence-corrected chi connectivity index (χ3v) is 5.03. The number of nitro groups is 1. The van der Waals surface area contributed by atoms with Crippen molar-refractivity contribution in [2.75, 3.05) is 11.9 Å². The largest absolute Gasteiger partial charge is 0.370 e. The summed E-state index contributed by atoms with van der Waals surface area (Å²) in [5.74, 6) is 0. The molecule has 0 saturated heterocycles. The number of non-ortho nitro benzene ring substituents is 1. The number of alkyl halides is 1. The standard InChI is InChI=1S/C13H12Br2N2O2S/c1-16(7-9-4-13(15)20-8-9)12-3-2-11(17(18)19)5-10(12)6-14/h2-5,8H,6-7H2,1H3. The van der Waals surface area contributed by atoms with E-state index in [9.17, 15) is 10.1 Å². The van der Waals surface area contributed by atoms with Crippen molar-refractivity contribution in [1.29, 1.82) is 0 Å². The Morgan fingerprint density at radius 3 is 2.70 bits per heavy atom. The smallest absolute Gasteiger partial charge is 0.269 e. The summed E-state index contributed by atoms with van der Waals surface area (Å²) in [5.41, 5.74) is 3.24. The van der Waals surface area contributed by atoms with Gasteiger partial charge in [0.05, 0.1) is 8.71 Å². The SMILES string of the molecule is CN(Cc1csc(Br)c1)c1ccc([N+](=O)[O-])cc1CBr. The Labute approximate surface area is 137 Å². The first kappa shape index (κ1) is 15.5. The second-order valence-electron chi connectivity index (χ2n) is 4.32. The van der Waals surface area contributed by atoms with Crippen LogP contribution in [0.3, 0.4) is 0 Å². The highest BCUT2D eigenvalue weighted by atomic mass is 79.9. The Bertz CT molecular complexity index is 631. The molecule has 1 aromatic heterocycles. The van der Waals surface area contributed by atoms with E-state index in [0.717, 1.165) is 21.6 Å². The molecule has 0 bridgehead atoms. The Kier molecular flexibility index (Phi) is 5.17. The molecule has 0 aliphatic heterocycles. The zero-order valence-corrected chi connectivity index (χ0v) is 14.7. The predicted octanol–water partition coefficient (Wildman–Crippen LogP) is 4.95. The highest BCUT2D eigenvalue weighted by Crippen LogP contribution is 2.29. The number of benzene rings is 1. The molecule has 7 heteroatoms. The zero-order valence-electron chi connectivity index (χ0n) is 10.7. The van der Waals surface area contributed by atoms with Gasteiger partial charge < -0.3 is 4.90 Å². The fourth-order valence-corrected chi connectivity index (χ4v) is 3.60. The van der Waals surface area contributed by atoms with Gasteiger partial charge in [-0.1, -0.05) is 15.9 Å². The van der Waals surface area contributed by atoms with Crippen LogP contribution in [0, 0.1) is 10.1 Å². The lowest BCUT2D eigenvalue weighted by molar-refractivity contribution is -0.384. The van der Waals surface area contributed by atoms with Crippen LogP contribution in [-0.2, 0) is 11.9 Å². The van der Waals surface area contributed by atoms with Crippen LogP contribution in [0.1, 0.15) is 11.1 Å². The molecule has 0 fully saturated rings. The molecule has 0 saturated carbocycles. The molecule has 0 aliphatic rings. The molecule has 0 amide bonds. The van der Waals surface area contributed by atoms with Gasteiger partial charge >= 0.3 is 0 Å². The average Bonchev–Trinajstić information content (AvgIpc) is 2.83. The molecule has 0 spiro atoms. The van der Waals surface area contributed by atoms with Crippen molar-refractivity contribution < 1.29 is 4.92 Å². The molecule has 106 valence electrons. The minimum absolute atomic E-state index is 0.120. The van der Waals surface area contributed by atoms with Crippen LogP contribution >= 0.6 is 43.2 Å². The molecule has 0 atom stereocenters. The first-order valence-corrected chi connectivity index (χ1v) is 8.58. The molecule has 0 aliphatic carbocycles. The van der Waals surface area contributed by atoms with E-state index < -0.39 is 0 Å². The maximum atomic E-state index is 10.8. The first-order valence-electron chi connectivity index (χ1n) is 5.78. The lowest BCUT2D eigenvalue weighted by Crippen LogP contribution is -2.17. The molecule has 1 heterocycles. The van der Waals surface area contributed by atoms with E-state index in [1.807, 2.05) is 7.05 Å². The number of anilines is 1. The van der Waals surface area contributed by atoms with E-state index in [-0.39, 0.29) is 10.6 Å². The van der Waals surface area contributed by atoms with Crippen molar-refractivity contribution in [1.82, 2.24) is 0 Å². The second kappa shape index (κ2) is 6.69. The Morgan fingerprint density at radius 2 is 2.15 bits per heavy atom. The van der Waals surface area contributed by atoms with Gasteiger partial charge in [-0.2, -0.15) is 0 Å². The minimum atomic E-state index is -0.369.